The number of rotatable bonds is 4. The first-order valence-electron chi connectivity index (χ1n) is 11.5. The molecule has 1 unspecified atom stereocenters. The van der Waals surface area contributed by atoms with Gasteiger partial charge in [-0.25, -0.2) is 0 Å². The minimum atomic E-state index is -0.578. The average Bonchev–Trinajstić information content (AvgIpc) is 3.15. The Bertz CT molecular complexity index is 934. The van der Waals surface area contributed by atoms with Crippen molar-refractivity contribution in [2.45, 2.75) is 44.3 Å². The number of piperidine rings is 2. The molecular formula is C23H29N5O4. The summed E-state index contributed by atoms with van der Waals surface area (Å²) in [6.45, 7) is 5.93. The van der Waals surface area contributed by atoms with Crippen LogP contribution in [0.1, 0.15) is 41.6 Å². The monoisotopic (exact) mass is 439 g/mol. The number of imide groups is 1. The van der Waals surface area contributed by atoms with E-state index in [-0.39, 0.29) is 24.1 Å². The van der Waals surface area contributed by atoms with Crippen molar-refractivity contribution in [3.63, 3.8) is 0 Å². The van der Waals surface area contributed by atoms with Crippen molar-refractivity contribution in [2.75, 3.05) is 44.2 Å². The van der Waals surface area contributed by atoms with Crippen molar-refractivity contribution in [3.8, 4) is 0 Å². The quantitative estimate of drug-likeness (QED) is 0.532. The Morgan fingerprint density at radius 3 is 2.38 bits per heavy atom. The van der Waals surface area contributed by atoms with E-state index in [1.165, 1.54) is 0 Å². The summed E-state index contributed by atoms with van der Waals surface area (Å²) in [5.74, 6) is -0.781. The summed E-state index contributed by atoms with van der Waals surface area (Å²) in [5.41, 5.74) is 2.71. The molecule has 1 aromatic rings. The second-order valence-corrected chi connectivity index (χ2v) is 9.14. The van der Waals surface area contributed by atoms with E-state index in [0.29, 0.717) is 24.6 Å². The zero-order valence-electron chi connectivity index (χ0n) is 18.2. The Labute approximate surface area is 187 Å². The molecule has 0 spiro atoms. The number of nitrogens with one attached hydrogen (secondary N) is 1. The van der Waals surface area contributed by atoms with E-state index in [0.717, 1.165) is 69.8 Å². The van der Waals surface area contributed by atoms with Gasteiger partial charge in [-0.15, -0.1) is 0 Å². The van der Waals surface area contributed by atoms with Gasteiger partial charge in [-0.1, -0.05) is 0 Å². The Kier molecular flexibility index (Phi) is 5.58. The lowest BCUT2D eigenvalue weighted by Crippen LogP contribution is -2.53. The highest BCUT2D eigenvalue weighted by atomic mass is 16.2. The van der Waals surface area contributed by atoms with Crippen molar-refractivity contribution in [2.24, 2.45) is 0 Å². The number of hydrogen-bond donors (Lipinski definition) is 1. The maximum atomic E-state index is 12.9. The molecule has 9 heteroatoms. The molecule has 170 valence electrons. The van der Waals surface area contributed by atoms with Crippen molar-refractivity contribution in [1.82, 2.24) is 20.0 Å². The van der Waals surface area contributed by atoms with E-state index in [2.05, 4.69) is 21.2 Å². The number of fused-ring (bicyclic) bond motifs is 1. The lowest BCUT2D eigenvalue weighted by atomic mass is 10.0. The molecule has 1 atom stereocenters. The molecular weight excluding hydrogens is 410 g/mol. The van der Waals surface area contributed by atoms with Crippen LogP contribution in [0, 0.1) is 0 Å². The summed E-state index contributed by atoms with van der Waals surface area (Å²) in [6.07, 6.45) is 3.67. The molecule has 9 nitrogen and oxygen atoms in total. The summed E-state index contributed by atoms with van der Waals surface area (Å²) in [7, 11) is 0. The number of carbonyl (C=O) groups is 4. The maximum absolute atomic E-state index is 12.9. The summed E-state index contributed by atoms with van der Waals surface area (Å²) in [4.78, 5) is 55.9. The predicted molar refractivity (Wildman–Crippen MR) is 117 cm³/mol. The van der Waals surface area contributed by atoms with Gasteiger partial charge >= 0.3 is 0 Å². The van der Waals surface area contributed by atoms with Gasteiger partial charge in [-0.05, 0) is 43.0 Å². The normalized spacial score (nSPS) is 25.2. The number of hydrogen-bond acceptors (Lipinski definition) is 6. The second-order valence-electron chi connectivity index (χ2n) is 9.14. The third-order valence-electron chi connectivity index (χ3n) is 7.35. The van der Waals surface area contributed by atoms with Crippen LogP contribution in [0.2, 0.25) is 0 Å². The molecule has 4 aliphatic rings. The fourth-order valence-corrected chi connectivity index (χ4v) is 5.46. The molecule has 3 fully saturated rings. The molecule has 3 saturated heterocycles. The van der Waals surface area contributed by atoms with Gasteiger partial charge in [0.1, 0.15) is 6.04 Å². The van der Waals surface area contributed by atoms with Crippen LogP contribution in [0.15, 0.2) is 18.2 Å². The first-order chi connectivity index (χ1) is 15.5. The Balaban J connectivity index is 1.21. The predicted octanol–water partition coefficient (Wildman–Crippen LogP) is 0.190. The second kappa shape index (κ2) is 8.54. The topological polar surface area (TPSA) is 93.3 Å². The highest BCUT2D eigenvalue weighted by molar-refractivity contribution is 6.05. The van der Waals surface area contributed by atoms with Crippen LogP contribution in [0.4, 0.5) is 5.69 Å². The third kappa shape index (κ3) is 3.85. The van der Waals surface area contributed by atoms with Gasteiger partial charge in [-0.3, -0.25) is 29.4 Å². The number of piperazine rings is 1. The van der Waals surface area contributed by atoms with Crippen molar-refractivity contribution in [3.05, 3.63) is 29.3 Å². The SMILES string of the molecule is O=CN1CCC(N2CCN(c3ccc4c(c3)CN(C3CCC(=O)NC3=O)C4=O)CC2)CC1. The highest BCUT2D eigenvalue weighted by Gasteiger charge is 2.39. The summed E-state index contributed by atoms with van der Waals surface area (Å²) >= 11 is 0. The van der Waals surface area contributed by atoms with Gasteiger partial charge in [0.15, 0.2) is 0 Å². The lowest BCUT2D eigenvalue weighted by molar-refractivity contribution is -0.137. The van der Waals surface area contributed by atoms with E-state index in [4.69, 9.17) is 0 Å². The zero-order chi connectivity index (χ0) is 22.2. The van der Waals surface area contributed by atoms with Crippen molar-refractivity contribution in [1.29, 1.82) is 0 Å². The third-order valence-corrected chi connectivity index (χ3v) is 7.35. The minimum absolute atomic E-state index is 0.132. The Hall–Kier alpha value is -2.94. The van der Waals surface area contributed by atoms with E-state index in [1.54, 1.807) is 4.90 Å². The van der Waals surface area contributed by atoms with Gasteiger partial charge < -0.3 is 14.7 Å². The largest absolute Gasteiger partial charge is 0.369 e. The smallest absolute Gasteiger partial charge is 0.255 e. The first kappa shape index (κ1) is 20.9. The standard InChI is InChI=1S/C23H29N5O4/c29-15-25-7-5-17(6-8-25)26-9-11-27(12-10-26)18-1-2-19-16(13-18)14-28(23(19)32)20-3-4-21(30)24-22(20)31/h1-2,13,15,17,20H,3-12,14H2,(H,24,30,31). The van der Waals surface area contributed by atoms with Crippen LogP contribution in [0.25, 0.3) is 0 Å². The van der Waals surface area contributed by atoms with Gasteiger partial charge in [0.05, 0.1) is 0 Å². The Morgan fingerprint density at radius 1 is 0.938 bits per heavy atom. The molecule has 4 amide bonds. The molecule has 0 aliphatic carbocycles. The van der Waals surface area contributed by atoms with Crippen LogP contribution in [0.3, 0.4) is 0 Å². The first-order valence-corrected chi connectivity index (χ1v) is 11.5. The lowest BCUT2D eigenvalue weighted by Gasteiger charge is -2.42. The number of likely N-dealkylation sites (tertiary alicyclic amines) is 1. The van der Waals surface area contributed by atoms with Gasteiger partial charge in [0, 0.05) is 69.5 Å². The number of benzene rings is 1. The zero-order valence-corrected chi connectivity index (χ0v) is 18.2. The molecule has 0 radical (unpaired) electrons. The van der Waals surface area contributed by atoms with Gasteiger partial charge in [-0.2, -0.15) is 0 Å². The molecule has 32 heavy (non-hydrogen) atoms. The number of carbonyl (C=O) groups excluding carboxylic acids is 4. The van der Waals surface area contributed by atoms with Crippen LogP contribution >= 0.6 is 0 Å². The van der Waals surface area contributed by atoms with Gasteiger partial charge in [0.25, 0.3) is 5.91 Å². The summed E-state index contributed by atoms with van der Waals surface area (Å²) in [6, 6.07) is 5.93. The molecule has 0 aromatic heterocycles. The highest BCUT2D eigenvalue weighted by Crippen LogP contribution is 2.31. The van der Waals surface area contributed by atoms with Crippen molar-refractivity contribution < 1.29 is 19.2 Å². The molecule has 0 saturated carbocycles. The van der Waals surface area contributed by atoms with Crippen LogP contribution in [-0.4, -0.2) is 90.2 Å². The molecule has 1 aromatic carbocycles. The number of anilines is 1. The summed E-state index contributed by atoms with van der Waals surface area (Å²) < 4.78 is 0. The number of nitrogens with zero attached hydrogens (tertiary/aromatic N) is 4. The van der Waals surface area contributed by atoms with E-state index in [9.17, 15) is 19.2 Å². The maximum Gasteiger partial charge on any atom is 0.255 e. The molecule has 4 heterocycles. The fourth-order valence-electron chi connectivity index (χ4n) is 5.46. The Morgan fingerprint density at radius 2 is 1.69 bits per heavy atom. The molecule has 5 rings (SSSR count). The summed E-state index contributed by atoms with van der Waals surface area (Å²) in [5, 5.41) is 2.35. The molecule has 4 aliphatic heterocycles. The van der Waals surface area contributed by atoms with E-state index in [1.807, 2.05) is 17.0 Å². The van der Waals surface area contributed by atoms with Crippen LogP contribution in [-0.2, 0) is 20.9 Å². The molecule has 1 N–H and O–H groups in total. The molecule has 0 bridgehead atoms. The van der Waals surface area contributed by atoms with E-state index < -0.39 is 6.04 Å². The average molecular weight is 440 g/mol. The minimum Gasteiger partial charge on any atom is -0.369 e. The van der Waals surface area contributed by atoms with Crippen LogP contribution < -0.4 is 10.2 Å². The van der Waals surface area contributed by atoms with Crippen molar-refractivity contribution >= 4 is 29.8 Å². The van der Waals surface area contributed by atoms with Crippen LogP contribution in [0.5, 0.6) is 0 Å². The van der Waals surface area contributed by atoms with E-state index >= 15 is 0 Å². The fraction of sp³-hybridized carbons (Fsp3) is 0.565. The van der Waals surface area contributed by atoms with Gasteiger partial charge in [0.2, 0.25) is 18.2 Å². The number of amides is 4.